The van der Waals surface area contributed by atoms with Gasteiger partial charge in [-0.05, 0) is 0 Å². The average Bonchev–Trinajstić information content (AvgIpc) is 2.02. The summed E-state index contributed by atoms with van der Waals surface area (Å²) in [4.78, 5) is 39.1. The first-order valence-electron chi connectivity index (χ1n) is 2.37. The summed E-state index contributed by atoms with van der Waals surface area (Å²) in [5.74, 6) is 0. The molecular formula is C2H2N6O4. The molecule has 2 N–H and O–H groups in total. The second kappa shape index (κ2) is 5.52. The van der Waals surface area contributed by atoms with E-state index in [9.17, 15) is 19.4 Å². The van der Waals surface area contributed by atoms with E-state index in [-0.39, 0.29) is 0 Å². The summed E-state index contributed by atoms with van der Waals surface area (Å²) in [5, 5.41) is 9.08. The van der Waals surface area contributed by atoms with E-state index in [4.69, 9.17) is 0 Å². The Morgan fingerprint density at radius 1 is 0.833 bits per heavy atom. The van der Waals surface area contributed by atoms with Gasteiger partial charge in [0.25, 0.3) is 0 Å². The van der Waals surface area contributed by atoms with Gasteiger partial charge in [-0.25, -0.2) is 9.59 Å². The zero-order chi connectivity index (χ0) is 9.40. The third-order valence-electron chi connectivity index (χ3n) is 0.514. The highest BCUT2D eigenvalue weighted by Crippen LogP contribution is 1.80. The smallest absolute Gasteiger partial charge is 0.242 e. The first kappa shape index (κ1) is 9.74. The summed E-state index contributed by atoms with van der Waals surface area (Å²) in [5.41, 5.74) is 2.65. The number of rotatable bonds is 2. The van der Waals surface area contributed by atoms with Crippen LogP contribution in [0.2, 0.25) is 0 Å². The van der Waals surface area contributed by atoms with Gasteiger partial charge in [-0.3, -0.25) is 0 Å². The van der Waals surface area contributed by atoms with Crippen LogP contribution in [0.1, 0.15) is 0 Å². The van der Waals surface area contributed by atoms with Crippen LogP contribution in [0.4, 0.5) is 9.59 Å². The molecule has 10 nitrogen and oxygen atoms in total. The molecule has 0 aromatic heterocycles. The van der Waals surface area contributed by atoms with E-state index >= 15 is 0 Å². The quantitative estimate of drug-likeness (QED) is 0.350. The standard InChI is InChI=1S/C2H2N6O4/c9-1(5-7-11)3-4-2(10)6-8-12/h(H,5,9,11)(H,6,10,12). The van der Waals surface area contributed by atoms with Crippen molar-refractivity contribution in [2.24, 2.45) is 20.8 Å². The number of nitrogens with one attached hydrogen (secondary N) is 2. The van der Waals surface area contributed by atoms with Crippen molar-refractivity contribution < 1.29 is 9.59 Å². The van der Waals surface area contributed by atoms with Gasteiger partial charge in [-0.2, -0.15) is 10.9 Å². The molecule has 0 atom stereocenters. The molecule has 0 heterocycles. The monoisotopic (exact) mass is 174 g/mol. The molecule has 0 saturated heterocycles. The van der Waals surface area contributed by atoms with Gasteiger partial charge in [-0.15, -0.1) is 9.81 Å². The van der Waals surface area contributed by atoms with Crippen LogP contribution >= 0.6 is 0 Å². The van der Waals surface area contributed by atoms with Crippen LogP contribution in [0.25, 0.3) is 0 Å². The van der Waals surface area contributed by atoms with Crippen molar-refractivity contribution >= 4 is 12.1 Å². The number of nitroso groups, excluding NO2 is 2. The lowest BCUT2D eigenvalue weighted by molar-refractivity contribution is 0.241. The molecule has 10 heteroatoms. The lowest BCUT2D eigenvalue weighted by Gasteiger charge is -1.84. The van der Waals surface area contributed by atoms with Gasteiger partial charge >= 0.3 is 12.1 Å². The lowest BCUT2D eigenvalue weighted by Crippen LogP contribution is -2.14. The predicted octanol–water partition coefficient (Wildman–Crippen LogP) is 0.221. The van der Waals surface area contributed by atoms with Crippen LogP contribution in [0.15, 0.2) is 20.8 Å². The molecule has 0 unspecified atom stereocenters. The normalized spacial score (nSPS) is 9.00. The Kier molecular flexibility index (Phi) is 4.48. The van der Waals surface area contributed by atoms with Crippen LogP contribution in [0.3, 0.4) is 0 Å². The number of azo groups is 1. The van der Waals surface area contributed by atoms with Crippen LogP contribution in [-0.4, -0.2) is 12.1 Å². The maximum Gasteiger partial charge on any atom is 0.382 e. The Morgan fingerprint density at radius 2 is 1.17 bits per heavy atom. The van der Waals surface area contributed by atoms with Crippen LogP contribution in [0, 0.1) is 9.81 Å². The SMILES string of the molecule is O=NNC(=O)N=NC(=O)NN=O. The predicted molar refractivity (Wildman–Crippen MR) is 33.5 cm³/mol. The molecule has 0 aliphatic heterocycles. The first-order valence-corrected chi connectivity index (χ1v) is 2.37. The fourth-order valence-electron chi connectivity index (χ4n) is 0.214. The van der Waals surface area contributed by atoms with E-state index in [1.165, 1.54) is 10.9 Å². The summed E-state index contributed by atoms with van der Waals surface area (Å²) in [6.07, 6.45) is 0. The molecule has 0 rings (SSSR count). The van der Waals surface area contributed by atoms with Crippen molar-refractivity contribution in [1.29, 1.82) is 0 Å². The van der Waals surface area contributed by atoms with Gasteiger partial charge in [0, 0.05) is 0 Å². The zero-order valence-corrected chi connectivity index (χ0v) is 5.42. The first-order chi connectivity index (χ1) is 5.70. The van der Waals surface area contributed by atoms with Crippen molar-refractivity contribution in [2.45, 2.75) is 0 Å². The van der Waals surface area contributed by atoms with Gasteiger partial charge < -0.3 is 0 Å². The number of hydrogen-bond donors (Lipinski definition) is 2. The lowest BCUT2D eigenvalue weighted by atomic mass is 11.1. The van der Waals surface area contributed by atoms with Crippen LogP contribution in [-0.2, 0) is 0 Å². The van der Waals surface area contributed by atoms with Crippen LogP contribution < -0.4 is 10.9 Å². The fraction of sp³-hybridized carbons (Fsp3) is 0. The molecule has 0 radical (unpaired) electrons. The molecular weight excluding hydrogens is 172 g/mol. The average molecular weight is 174 g/mol. The van der Waals surface area contributed by atoms with Crippen molar-refractivity contribution in [3.05, 3.63) is 9.81 Å². The topological polar surface area (TPSA) is 142 Å². The highest BCUT2D eigenvalue weighted by atomic mass is 16.3. The molecule has 12 heavy (non-hydrogen) atoms. The molecule has 64 valence electrons. The highest BCUT2D eigenvalue weighted by Gasteiger charge is 1.99. The van der Waals surface area contributed by atoms with Crippen LogP contribution in [0.5, 0.6) is 0 Å². The molecule has 0 aromatic rings. The maximum absolute atomic E-state index is 10.2. The molecule has 0 aromatic carbocycles. The summed E-state index contributed by atoms with van der Waals surface area (Å²) in [6.45, 7) is 0. The van der Waals surface area contributed by atoms with Crippen molar-refractivity contribution in [3.63, 3.8) is 0 Å². The highest BCUT2D eigenvalue weighted by molar-refractivity contribution is 5.78. The number of amides is 4. The van der Waals surface area contributed by atoms with E-state index in [0.717, 1.165) is 0 Å². The van der Waals surface area contributed by atoms with E-state index < -0.39 is 12.1 Å². The third-order valence-corrected chi connectivity index (χ3v) is 0.514. The minimum Gasteiger partial charge on any atom is -0.242 e. The van der Waals surface area contributed by atoms with E-state index in [2.05, 4.69) is 10.2 Å². The summed E-state index contributed by atoms with van der Waals surface area (Å²) < 4.78 is 0. The largest absolute Gasteiger partial charge is 0.382 e. The number of hydrogen-bond acceptors (Lipinski definition) is 6. The van der Waals surface area contributed by atoms with Gasteiger partial charge in [0.15, 0.2) is 0 Å². The number of nitrogens with zero attached hydrogens (tertiary/aromatic N) is 4. The Hall–Kier alpha value is -2.26. The molecule has 0 fully saturated rings. The Labute approximate surface area is 64.3 Å². The zero-order valence-electron chi connectivity index (χ0n) is 5.42. The maximum atomic E-state index is 10.2. The Bertz CT molecular complexity index is 210. The molecule has 0 bridgehead atoms. The van der Waals surface area contributed by atoms with Crippen molar-refractivity contribution in [1.82, 2.24) is 10.9 Å². The number of carbonyl (C=O) groups is 2. The van der Waals surface area contributed by atoms with E-state index in [1.54, 1.807) is 0 Å². The van der Waals surface area contributed by atoms with E-state index in [1.807, 2.05) is 10.6 Å². The minimum atomic E-state index is -1.23. The number of carbonyl (C=O) groups excluding carboxylic acids is 2. The summed E-state index contributed by atoms with van der Waals surface area (Å²) >= 11 is 0. The summed E-state index contributed by atoms with van der Waals surface area (Å²) in [6, 6.07) is -2.46. The Morgan fingerprint density at radius 3 is 1.42 bits per heavy atom. The van der Waals surface area contributed by atoms with Gasteiger partial charge in [0.2, 0.25) is 0 Å². The third kappa shape index (κ3) is 4.60. The minimum absolute atomic E-state index is 1.23. The molecule has 0 aliphatic carbocycles. The Balaban J connectivity index is 3.88. The summed E-state index contributed by atoms with van der Waals surface area (Å²) in [7, 11) is 0. The second-order valence-corrected chi connectivity index (χ2v) is 1.22. The molecule has 4 amide bonds. The van der Waals surface area contributed by atoms with Gasteiger partial charge in [0.05, 0.1) is 10.6 Å². The van der Waals surface area contributed by atoms with Crippen molar-refractivity contribution in [2.75, 3.05) is 0 Å². The second-order valence-electron chi connectivity index (χ2n) is 1.22. The van der Waals surface area contributed by atoms with Gasteiger partial charge in [0.1, 0.15) is 0 Å². The fourth-order valence-corrected chi connectivity index (χ4v) is 0.214. The molecule has 0 saturated carbocycles. The van der Waals surface area contributed by atoms with Gasteiger partial charge in [-0.1, -0.05) is 10.2 Å². The van der Waals surface area contributed by atoms with E-state index in [0.29, 0.717) is 0 Å². The molecule has 0 aliphatic rings. The van der Waals surface area contributed by atoms with Crippen molar-refractivity contribution in [3.8, 4) is 0 Å². The molecule has 0 spiro atoms. The number of urea groups is 2.